The fraction of sp³-hybridized carbons (Fsp3) is 0.200. The Bertz CT molecular complexity index is 609. The molecule has 0 aliphatic heterocycles. The highest BCUT2D eigenvalue weighted by Crippen LogP contribution is 2.21. The molecule has 0 aliphatic carbocycles. The summed E-state index contributed by atoms with van der Waals surface area (Å²) in [4.78, 5) is 16.2. The highest BCUT2D eigenvalue weighted by atomic mass is 16.5. The van der Waals surface area contributed by atoms with Gasteiger partial charge in [-0.15, -0.1) is 0 Å². The number of aromatic nitrogens is 1. The number of carbonyl (C=O) groups excluding carboxylic acids is 1. The van der Waals surface area contributed by atoms with Crippen molar-refractivity contribution >= 4 is 17.4 Å². The molecule has 104 valence electrons. The Morgan fingerprint density at radius 2 is 2.05 bits per heavy atom. The molecule has 0 fully saturated rings. The van der Waals surface area contributed by atoms with Crippen molar-refractivity contribution < 1.29 is 9.53 Å². The van der Waals surface area contributed by atoms with Gasteiger partial charge >= 0.3 is 0 Å². The van der Waals surface area contributed by atoms with E-state index in [9.17, 15) is 4.79 Å². The highest BCUT2D eigenvalue weighted by Gasteiger charge is 2.08. The summed E-state index contributed by atoms with van der Waals surface area (Å²) >= 11 is 0. The van der Waals surface area contributed by atoms with Gasteiger partial charge in [-0.1, -0.05) is 0 Å². The van der Waals surface area contributed by atoms with Crippen LogP contribution in [0.4, 0.5) is 11.5 Å². The molecule has 2 rings (SSSR count). The van der Waals surface area contributed by atoms with Gasteiger partial charge in [0.05, 0.1) is 12.7 Å². The minimum atomic E-state index is -0.187. The lowest BCUT2D eigenvalue weighted by Gasteiger charge is -2.10. The number of carbonyl (C=O) groups is 1. The zero-order chi connectivity index (χ0) is 14.5. The summed E-state index contributed by atoms with van der Waals surface area (Å²) < 4.78 is 5.14. The van der Waals surface area contributed by atoms with E-state index in [2.05, 4.69) is 15.6 Å². The number of rotatable bonds is 4. The summed E-state index contributed by atoms with van der Waals surface area (Å²) in [7, 11) is 3.39. The van der Waals surface area contributed by atoms with E-state index in [1.165, 1.54) is 0 Å². The standard InChI is InChI=1S/C15H17N3O2/c1-10-8-12(20-3)5-6-13(10)18-15(19)11-4-7-14(16-2)17-9-11/h4-9H,1-3H3,(H,16,17)(H,18,19). The van der Waals surface area contributed by atoms with Gasteiger partial charge in [0.2, 0.25) is 0 Å². The molecule has 1 aromatic carbocycles. The number of methoxy groups -OCH3 is 1. The normalized spacial score (nSPS) is 9.95. The Labute approximate surface area is 118 Å². The van der Waals surface area contributed by atoms with Gasteiger partial charge in [-0.05, 0) is 42.8 Å². The monoisotopic (exact) mass is 271 g/mol. The fourth-order valence-electron chi connectivity index (χ4n) is 1.77. The van der Waals surface area contributed by atoms with E-state index >= 15 is 0 Å². The molecule has 1 heterocycles. The van der Waals surface area contributed by atoms with E-state index in [1.54, 1.807) is 32.5 Å². The Hall–Kier alpha value is -2.56. The van der Waals surface area contributed by atoms with Crippen molar-refractivity contribution in [1.82, 2.24) is 4.98 Å². The molecule has 0 saturated heterocycles. The molecule has 2 N–H and O–H groups in total. The second kappa shape index (κ2) is 6.06. The number of amides is 1. The lowest BCUT2D eigenvalue weighted by Crippen LogP contribution is -2.13. The minimum Gasteiger partial charge on any atom is -0.497 e. The van der Waals surface area contributed by atoms with Crippen LogP contribution in [0.3, 0.4) is 0 Å². The number of hydrogen-bond acceptors (Lipinski definition) is 4. The summed E-state index contributed by atoms with van der Waals surface area (Å²) in [6.45, 7) is 1.92. The van der Waals surface area contributed by atoms with Crippen LogP contribution in [0.2, 0.25) is 0 Å². The molecule has 2 aromatic rings. The number of hydrogen-bond donors (Lipinski definition) is 2. The predicted molar refractivity (Wildman–Crippen MR) is 79.5 cm³/mol. The molecule has 0 atom stereocenters. The van der Waals surface area contributed by atoms with E-state index in [-0.39, 0.29) is 5.91 Å². The Kier molecular flexibility index (Phi) is 4.20. The van der Waals surface area contributed by atoms with Gasteiger partial charge in [0.1, 0.15) is 11.6 Å². The van der Waals surface area contributed by atoms with Crippen molar-refractivity contribution in [2.45, 2.75) is 6.92 Å². The quantitative estimate of drug-likeness (QED) is 0.897. The maximum absolute atomic E-state index is 12.1. The summed E-state index contributed by atoms with van der Waals surface area (Å²) in [5.41, 5.74) is 2.21. The zero-order valence-electron chi connectivity index (χ0n) is 11.7. The van der Waals surface area contributed by atoms with E-state index in [1.807, 2.05) is 25.1 Å². The number of aryl methyl sites for hydroxylation is 1. The van der Waals surface area contributed by atoms with Gasteiger partial charge in [0, 0.05) is 18.9 Å². The van der Waals surface area contributed by atoms with Gasteiger partial charge in [-0.25, -0.2) is 4.98 Å². The van der Waals surface area contributed by atoms with Crippen molar-refractivity contribution in [3.63, 3.8) is 0 Å². The van der Waals surface area contributed by atoms with E-state index in [0.717, 1.165) is 22.8 Å². The minimum absolute atomic E-state index is 0.187. The third-order valence-electron chi connectivity index (χ3n) is 2.96. The van der Waals surface area contributed by atoms with Crippen LogP contribution in [0.1, 0.15) is 15.9 Å². The van der Waals surface area contributed by atoms with Crippen LogP contribution in [0, 0.1) is 6.92 Å². The summed E-state index contributed by atoms with van der Waals surface area (Å²) in [6, 6.07) is 8.99. The van der Waals surface area contributed by atoms with Crippen molar-refractivity contribution in [2.75, 3.05) is 24.8 Å². The van der Waals surface area contributed by atoms with Crippen LogP contribution in [0.15, 0.2) is 36.5 Å². The van der Waals surface area contributed by atoms with Crippen LogP contribution in [-0.4, -0.2) is 25.0 Å². The van der Waals surface area contributed by atoms with Gasteiger partial charge in [0.15, 0.2) is 0 Å². The topological polar surface area (TPSA) is 63.2 Å². The second-order valence-corrected chi connectivity index (χ2v) is 4.32. The molecule has 0 aliphatic rings. The molecule has 0 bridgehead atoms. The molecule has 1 aromatic heterocycles. The zero-order valence-corrected chi connectivity index (χ0v) is 11.7. The molecule has 0 unspecified atom stereocenters. The maximum Gasteiger partial charge on any atom is 0.257 e. The van der Waals surface area contributed by atoms with Crippen molar-refractivity contribution in [2.24, 2.45) is 0 Å². The Morgan fingerprint density at radius 3 is 2.60 bits per heavy atom. The van der Waals surface area contributed by atoms with Crippen molar-refractivity contribution in [1.29, 1.82) is 0 Å². The van der Waals surface area contributed by atoms with Crippen molar-refractivity contribution in [3.05, 3.63) is 47.7 Å². The highest BCUT2D eigenvalue weighted by molar-refractivity contribution is 6.04. The number of nitrogens with zero attached hydrogens (tertiary/aromatic N) is 1. The summed E-state index contributed by atoms with van der Waals surface area (Å²) in [5, 5.41) is 5.77. The number of anilines is 2. The molecule has 1 amide bonds. The Balaban J connectivity index is 2.14. The predicted octanol–water partition coefficient (Wildman–Crippen LogP) is 2.69. The van der Waals surface area contributed by atoms with Gasteiger partial charge < -0.3 is 15.4 Å². The van der Waals surface area contributed by atoms with Gasteiger partial charge in [0.25, 0.3) is 5.91 Å². The number of nitrogens with one attached hydrogen (secondary N) is 2. The first-order valence-corrected chi connectivity index (χ1v) is 6.24. The molecule has 20 heavy (non-hydrogen) atoms. The third kappa shape index (κ3) is 3.06. The molecule has 5 heteroatoms. The molecule has 0 saturated carbocycles. The third-order valence-corrected chi connectivity index (χ3v) is 2.96. The van der Waals surface area contributed by atoms with Crippen LogP contribution in [-0.2, 0) is 0 Å². The van der Waals surface area contributed by atoms with Gasteiger partial charge in [-0.2, -0.15) is 0 Å². The van der Waals surface area contributed by atoms with E-state index in [4.69, 9.17) is 4.74 Å². The average molecular weight is 271 g/mol. The van der Waals surface area contributed by atoms with Crippen molar-refractivity contribution in [3.8, 4) is 5.75 Å². The van der Waals surface area contributed by atoms with Crippen LogP contribution >= 0.6 is 0 Å². The molecule has 0 radical (unpaired) electrons. The van der Waals surface area contributed by atoms with Crippen LogP contribution in [0.25, 0.3) is 0 Å². The number of pyridine rings is 1. The first kappa shape index (κ1) is 13.9. The lowest BCUT2D eigenvalue weighted by molar-refractivity contribution is 0.102. The molecule has 5 nitrogen and oxygen atoms in total. The van der Waals surface area contributed by atoms with Crippen LogP contribution in [0.5, 0.6) is 5.75 Å². The van der Waals surface area contributed by atoms with E-state index < -0.39 is 0 Å². The van der Waals surface area contributed by atoms with Crippen LogP contribution < -0.4 is 15.4 Å². The molecular formula is C15H17N3O2. The summed E-state index contributed by atoms with van der Waals surface area (Å²) in [6.07, 6.45) is 1.54. The summed E-state index contributed by atoms with van der Waals surface area (Å²) in [5.74, 6) is 1.30. The lowest BCUT2D eigenvalue weighted by atomic mass is 10.1. The Morgan fingerprint density at radius 1 is 1.25 bits per heavy atom. The largest absolute Gasteiger partial charge is 0.497 e. The first-order chi connectivity index (χ1) is 9.63. The number of benzene rings is 1. The van der Waals surface area contributed by atoms with E-state index in [0.29, 0.717) is 5.56 Å². The maximum atomic E-state index is 12.1. The van der Waals surface area contributed by atoms with Gasteiger partial charge in [-0.3, -0.25) is 4.79 Å². The smallest absolute Gasteiger partial charge is 0.257 e. The molecule has 0 spiro atoms. The SMILES string of the molecule is CNc1ccc(C(=O)Nc2ccc(OC)cc2C)cn1. The second-order valence-electron chi connectivity index (χ2n) is 4.32. The first-order valence-electron chi connectivity index (χ1n) is 6.24. The fourth-order valence-corrected chi connectivity index (χ4v) is 1.77. The average Bonchev–Trinajstić information content (AvgIpc) is 2.49. The molecular weight excluding hydrogens is 254 g/mol. The number of ether oxygens (including phenoxy) is 1.